The third-order valence-corrected chi connectivity index (χ3v) is 4.45. The molecule has 2 atom stereocenters. The van der Waals surface area contributed by atoms with Gasteiger partial charge < -0.3 is 5.32 Å². The second kappa shape index (κ2) is 4.45. The van der Waals surface area contributed by atoms with E-state index >= 15 is 0 Å². The lowest BCUT2D eigenvalue weighted by atomic mass is 9.81. The van der Waals surface area contributed by atoms with Crippen molar-refractivity contribution in [3.63, 3.8) is 0 Å². The fourth-order valence-electron chi connectivity index (χ4n) is 1.91. The molecular formula is C12H19NS. The molecular weight excluding hydrogens is 190 g/mol. The lowest BCUT2D eigenvalue weighted by Crippen LogP contribution is -2.41. The van der Waals surface area contributed by atoms with Crippen molar-refractivity contribution in [2.45, 2.75) is 45.7 Å². The molecule has 2 unspecified atom stereocenters. The van der Waals surface area contributed by atoms with E-state index in [-0.39, 0.29) is 0 Å². The van der Waals surface area contributed by atoms with Gasteiger partial charge in [0.25, 0.3) is 0 Å². The van der Waals surface area contributed by atoms with Crippen LogP contribution in [0.1, 0.15) is 36.4 Å². The highest BCUT2D eigenvalue weighted by Crippen LogP contribution is 2.27. The fourth-order valence-corrected chi connectivity index (χ4v) is 2.82. The van der Waals surface area contributed by atoms with Crippen molar-refractivity contribution >= 4 is 11.3 Å². The van der Waals surface area contributed by atoms with Crippen molar-refractivity contribution in [3.05, 3.63) is 21.9 Å². The molecule has 0 aromatic carbocycles. The minimum Gasteiger partial charge on any atom is -0.309 e. The van der Waals surface area contributed by atoms with Crippen molar-refractivity contribution in [1.29, 1.82) is 0 Å². The van der Waals surface area contributed by atoms with Gasteiger partial charge in [-0.1, -0.05) is 13.8 Å². The summed E-state index contributed by atoms with van der Waals surface area (Å²) in [6.07, 6.45) is 3.94. The van der Waals surface area contributed by atoms with Gasteiger partial charge in [-0.25, -0.2) is 0 Å². The third kappa shape index (κ3) is 2.18. The molecule has 1 nitrogen and oxygen atoms in total. The Morgan fingerprint density at radius 3 is 2.64 bits per heavy atom. The molecule has 1 aromatic heterocycles. The molecule has 78 valence electrons. The molecule has 0 amide bonds. The molecule has 1 aliphatic rings. The predicted octanol–water partition coefficient (Wildman–Crippen LogP) is 3.20. The van der Waals surface area contributed by atoms with Crippen LogP contribution >= 0.6 is 11.3 Å². The summed E-state index contributed by atoms with van der Waals surface area (Å²) in [5, 5.41) is 3.63. The number of thiophene rings is 1. The molecule has 0 spiro atoms. The van der Waals surface area contributed by atoms with E-state index in [0.29, 0.717) is 0 Å². The number of hydrogen-bond donors (Lipinski definition) is 1. The first-order chi connectivity index (χ1) is 6.79. The second-order valence-corrected chi connectivity index (χ2v) is 5.52. The van der Waals surface area contributed by atoms with Crippen LogP contribution in [0.4, 0.5) is 0 Å². The Kier molecular flexibility index (Phi) is 3.24. The van der Waals surface area contributed by atoms with Crippen molar-refractivity contribution in [2.75, 3.05) is 0 Å². The standard InChI is InChI=1S/C12H19NS/c1-3-10-5-6-11(14-10)8-13-12-7-4-9(12)2/h5-6,9,12-13H,3-4,7-8H2,1-2H3. The van der Waals surface area contributed by atoms with Crippen LogP contribution in [0, 0.1) is 5.92 Å². The lowest BCUT2D eigenvalue weighted by Gasteiger charge is -2.34. The quantitative estimate of drug-likeness (QED) is 0.803. The SMILES string of the molecule is CCc1ccc(CNC2CCC2C)s1. The van der Waals surface area contributed by atoms with Crippen LogP contribution in [0.3, 0.4) is 0 Å². The van der Waals surface area contributed by atoms with E-state index in [9.17, 15) is 0 Å². The minimum absolute atomic E-state index is 0.780. The van der Waals surface area contributed by atoms with Gasteiger partial charge in [0, 0.05) is 22.3 Å². The first kappa shape index (κ1) is 10.2. The zero-order valence-corrected chi connectivity index (χ0v) is 9.86. The monoisotopic (exact) mass is 209 g/mol. The first-order valence-electron chi connectivity index (χ1n) is 5.60. The smallest absolute Gasteiger partial charge is 0.0302 e. The highest BCUT2D eigenvalue weighted by atomic mass is 32.1. The van der Waals surface area contributed by atoms with Crippen LogP contribution in [0.5, 0.6) is 0 Å². The lowest BCUT2D eigenvalue weighted by molar-refractivity contribution is 0.229. The zero-order chi connectivity index (χ0) is 9.97. The molecule has 1 aliphatic carbocycles. The molecule has 14 heavy (non-hydrogen) atoms. The van der Waals surface area contributed by atoms with E-state index in [1.54, 1.807) is 0 Å². The summed E-state index contributed by atoms with van der Waals surface area (Å²) in [7, 11) is 0. The molecule has 0 radical (unpaired) electrons. The van der Waals surface area contributed by atoms with Gasteiger partial charge in [0.05, 0.1) is 0 Å². The van der Waals surface area contributed by atoms with Gasteiger partial charge in [-0.15, -0.1) is 11.3 Å². The van der Waals surface area contributed by atoms with E-state index in [4.69, 9.17) is 0 Å². The second-order valence-electron chi connectivity index (χ2n) is 4.26. The Bertz CT molecular complexity index is 292. The van der Waals surface area contributed by atoms with Crippen LogP contribution in [-0.2, 0) is 13.0 Å². The number of nitrogens with one attached hydrogen (secondary N) is 1. The van der Waals surface area contributed by atoms with Crippen molar-refractivity contribution in [1.82, 2.24) is 5.32 Å². The van der Waals surface area contributed by atoms with Crippen LogP contribution in [-0.4, -0.2) is 6.04 Å². The highest BCUT2D eigenvalue weighted by Gasteiger charge is 2.25. The van der Waals surface area contributed by atoms with Gasteiger partial charge in [0.2, 0.25) is 0 Å². The molecule has 1 aromatic rings. The third-order valence-electron chi connectivity index (χ3n) is 3.22. The minimum atomic E-state index is 0.780. The maximum Gasteiger partial charge on any atom is 0.0302 e. The Morgan fingerprint density at radius 1 is 1.36 bits per heavy atom. The Hall–Kier alpha value is -0.340. The van der Waals surface area contributed by atoms with Crippen molar-refractivity contribution in [3.8, 4) is 0 Å². The summed E-state index contributed by atoms with van der Waals surface area (Å²) >= 11 is 1.95. The summed E-state index contributed by atoms with van der Waals surface area (Å²) in [4.78, 5) is 2.99. The van der Waals surface area contributed by atoms with Crippen LogP contribution in [0.15, 0.2) is 12.1 Å². The van der Waals surface area contributed by atoms with E-state index < -0.39 is 0 Å². The summed E-state index contributed by atoms with van der Waals surface area (Å²) in [5.41, 5.74) is 0. The van der Waals surface area contributed by atoms with Gasteiger partial charge in [-0.3, -0.25) is 0 Å². The number of aryl methyl sites for hydroxylation is 1. The van der Waals surface area contributed by atoms with E-state index in [1.165, 1.54) is 29.0 Å². The molecule has 1 heterocycles. The van der Waals surface area contributed by atoms with E-state index in [0.717, 1.165) is 18.5 Å². The van der Waals surface area contributed by atoms with Gasteiger partial charge in [-0.05, 0) is 37.3 Å². The Labute approximate surface area is 90.5 Å². The summed E-state index contributed by atoms with van der Waals surface area (Å²) < 4.78 is 0. The van der Waals surface area contributed by atoms with E-state index in [1.807, 2.05) is 11.3 Å². The maximum atomic E-state index is 3.63. The van der Waals surface area contributed by atoms with Gasteiger partial charge >= 0.3 is 0 Å². The zero-order valence-electron chi connectivity index (χ0n) is 9.05. The molecule has 1 N–H and O–H groups in total. The van der Waals surface area contributed by atoms with Crippen molar-refractivity contribution in [2.24, 2.45) is 5.92 Å². The summed E-state index contributed by atoms with van der Waals surface area (Å²) in [6, 6.07) is 5.30. The highest BCUT2D eigenvalue weighted by molar-refractivity contribution is 7.11. The summed E-state index contributed by atoms with van der Waals surface area (Å²) in [5.74, 6) is 0.889. The predicted molar refractivity (Wildman–Crippen MR) is 62.7 cm³/mol. The van der Waals surface area contributed by atoms with Gasteiger partial charge in [0.1, 0.15) is 0 Å². The van der Waals surface area contributed by atoms with E-state index in [2.05, 4.69) is 31.3 Å². The Balaban J connectivity index is 1.79. The van der Waals surface area contributed by atoms with Crippen LogP contribution < -0.4 is 5.32 Å². The molecule has 2 heteroatoms. The largest absolute Gasteiger partial charge is 0.309 e. The normalized spacial score (nSPS) is 26.1. The first-order valence-corrected chi connectivity index (χ1v) is 6.42. The van der Waals surface area contributed by atoms with Crippen LogP contribution in [0.25, 0.3) is 0 Å². The molecule has 1 fully saturated rings. The molecule has 1 saturated carbocycles. The molecule has 0 aliphatic heterocycles. The average molecular weight is 209 g/mol. The van der Waals surface area contributed by atoms with Gasteiger partial charge in [0.15, 0.2) is 0 Å². The average Bonchev–Trinajstić information content (AvgIpc) is 2.64. The summed E-state index contributed by atoms with van der Waals surface area (Å²) in [6.45, 7) is 5.63. The Morgan fingerprint density at radius 2 is 2.14 bits per heavy atom. The topological polar surface area (TPSA) is 12.0 Å². The van der Waals surface area contributed by atoms with Crippen LogP contribution in [0.2, 0.25) is 0 Å². The number of rotatable bonds is 4. The molecule has 0 saturated heterocycles. The fraction of sp³-hybridized carbons (Fsp3) is 0.667. The molecule has 0 bridgehead atoms. The van der Waals surface area contributed by atoms with Crippen molar-refractivity contribution < 1.29 is 0 Å². The number of hydrogen-bond acceptors (Lipinski definition) is 2. The molecule has 2 rings (SSSR count). The maximum absolute atomic E-state index is 3.63. The van der Waals surface area contributed by atoms with Gasteiger partial charge in [-0.2, -0.15) is 0 Å².